The van der Waals surface area contributed by atoms with Crippen molar-refractivity contribution in [2.45, 2.75) is 12.8 Å². The van der Waals surface area contributed by atoms with Gasteiger partial charge in [-0.1, -0.05) is 18.2 Å². The Morgan fingerprint density at radius 2 is 2.18 bits per heavy atom. The molecule has 0 spiro atoms. The molecule has 0 bridgehead atoms. The van der Waals surface area contributed by atoms with Crippen molar-refractivity contribution < 1.29 is 9.59 Å². The zero-order valence-corrected chi connectivity index (χ0v) is 12.9. The molecule has 1 atom stereocenters. The normalized spacial score (nSPS) is 17.7. The molecule has 1 saturated heterocycles. The Hall–Kier alpha value is -2.21. The monoisotopic (exact) mass is 315 g/mol. The summed E-state index contributed by atoms with van der Waals surface area (Å²) in [4.78, 5) is 30.4. The minimum Gasteiger partial charge on any atom is -0.355 e. The lowest BCUT2D eigenvalue weighted by Crippen LogP contribution is -2.37. The molecular formula is C16H17N3O2S. The Balaban J connectivity index is 1.54. The second-order valence-corrected chi connectivity index (χ2v) is 6.11. The van der Waals surface area contributed by atoms with Crippen molar-refractivity contribution in [3.63, 3.8) is 0 Å². The van der Waals surface area contributed by atoms with Crippen LogP contribution in [0.25, 0.3) is 0 Å². The second kappa shape index (κ2) is 6.70. The van der Waals surface area contributed by atoms with Crippen LogP contribution in [0.2, 0.25) is 0 Å². The van der Waals surface area contributed by atoms with Crippen molar-refractivity contribution >= 4 is 28.8 Å². The molecule has 22 heavy (non-hydrogen) atoms. The number of para-hydroxylation sites is 1. The molecule has 2 amide bonds. The fourth-order valence-corrected chi connectivity index (χ4v) is 3.20. The standard InChI is InChI=1S/C16H17N3O2S/c20-15(18-8-6-14-17-9-11-22-14)13-7-10-19(16(13)21)12-4-2-1-3-5-12/h1-5,9,11,13H,6-8,10H2,(H,18,20)/t13-/m1/s1. The van der Waals surface area contributed by atoms with Crippen molar-refractivity contribution in [1.82, 2.24) is 10.3 Å². The maximum Gasteiger partial charge on any atom is 0.239 e. The largest absolute Gasteiger partial charge is 0.355 e. The third-order valence-electron chi connectivity index (χ3n) is 3.71. The van der Waals surface area contributed by atoms with E-state index in [1.807, 2.05) is 35.7 Å². The van der Waals surface area contributed by atoms with Gasteiger partial charge in [0.1, 0.15) is 5.92 Å². The number of aromatic nitrogens is 1. The van der Waals surface area contributed by atoms with Gasteiger partial charge in [0.15, 0.2) is 0 Å². The average Bonchev–Trinajstić information content (AvgIpc) is 3.18. The summed E-state index contributed by atoms with van der Waals surface area (Å²) < 4.78 is 0. The number of hydrogen-bond acceptors (Lipinski definition) is 4. The summed E-state index contributed by atoms with van der Waals surface area (Å²) in [7, 11) is 0. The van der Waals surface area contributed by atoms with Gasteiger partial charge in [-0.2, -0.15) is 0 Å². The first-order chi connectivity index (χ1) is 10.8. The van der Waals surface area contributed by atoms with Crippen molar-refractivity contribution in [2.75, 3.05) is 18.0 Å². The van der Waals surface area contributed by atoms with Gasteiger partial charge >= 0.3 is 0 Å². The minimum absolute atomic E-state index is 0.113. The summed E-state index contributed by atoms with van der Waals surface area (Å²) >= 11 is 1.57. The molecule has 0 saturated carbocycles. The van der Waals surface area contributed by atoms with Crippen LogP contribution in [0, 0.1) is 5.92 Å². The lowest BCUT2D eigenvalue weighted by Gasteiger charge is -2.16. The molecule has 6 heteroatoms. The highest BCUT2D eigenvalue weighted by Gasteiger charge is 2.37. The Kier molecular flexibility index (Phi) is 4.48. The molecule has 1 N–H and O–H groups in total. The van der Waals surface area contributed by atoms with Gasteiger partial charge in [0, 0.05) is 36.8 Å². The van der Waals surface area contributed by atoms with E-state index < -0.39 is 5.92 Å². The van der Waals surface area contributed by atoms with E-state index in [-0.39, 0.29) is 11.8 Å². The van der Waals surface area contributed by atoms with Crippen LogP contribution in [0.5, 0.6) is 0 Å². The van der Waals surface area contributed by atoms with Gasteiger partial charge in [0.25, 0.3) is 0 Å². The predicted octanol–water partition coefficient (Wildman–Crippen LogP) is 1.85. The van der Waals surface area contributed by atoms with Crippen LogP contribution in [0.15, 0.2) is 41.9 Å². The first-order valence-corrected chi connectivity index (χ1v) is 8.16. The lowest BCUT2D eigenvalue weighted by molar-refractivity contribution is -0.132. The Bertz CT molecular complexity index is 643. The van der Waals surface area contributed by atoms with E-state index in [0.29, 0.717) is 25.9 Å². The number of amides is 2. The zero-order valence-electron chi connectivity index (χ0n) is 12.1. The van der Waals surface area contributed by atoms with Crippen LogP contribution in [-0.4, -0.2) is 29.9 Å². The lowest BCUT2D eigenvalue weighted by atomic mass is 10.1. The number of carbonyl (C=O) groups excluding carboxylic acids is 2. The van der Waals surface area contributed by atoms with Gasteiger partial charge in [0.05, 0.1) is 5.01 Å². The van der Waals surface area contributed by atoms with Gasteiger partial charge in [-0.15, -0.1) is 11.3 Å². The highest BCUT2D eigenvalue weighted by Crippen LogP contribution is 2.25. The van der Waals surface area contributed by atoms with E-state index in [9.17, 15) is 9.59 Å². The van der Waals surface area contributed by atoms with E-state index in [4.69, 9.17) is 0 Å². The summed E-state index contributed by atoms with van der Waals surface area (Å²) in [5.41, 5.74) is 0.852. The number of rotatable bonds is 5. The number of nitrogens with zero attached hydrogens (tertiary/aromatic N) is 2. The SMILES string of the molecule is O=C(NCCc1nccs1)[C@H]1CCN(c2ccccc2)C1=O. The fraction of sp³-hybridized carbons (Fsp3) is 0.312. The van der Waals surface area contributed by atoms with Crippen LogP contribution in [0.4, 0.5) is 5.69 Å². The number of nitrogens with one attached hydrogen (secondary N) is 1. The molecular weight excluding hydrogens is 298 g/mol. The molecule has 5 nitrogen and oxygen atoms in total. The Morgan fingerprint density at radius 1 is 1.36 bits per heavy atom. The number of benzene rings is 1. The highest BCUT2D eigenvalue weighted by atomic mass is 32.1. The van der Waals surface area contributed by atoms with E-state index in [1.54, 1.807) is 22.4 Å². The smallest absolute Gasteiger partial charge is 0.239 e. The van der Waals surface area contributed by atoms with Crippen molar-refractivity contribution in [3.8, 4) is 0 Å². The van der Waals surface area contributed by atoms with Crippen molar-refractivity contribution in [2.24, 2.45) is 5.92 Å². The van der Waals surface area contributed by atoms with Crippen LogP contribution >= 0.6 is 11.3 Å². The predicted molar refractivity (Wildman–Crippen MR) is 85.7 cm³/mol. The van der Waals surface area contributed by atoms with Crippen LogP contribution < -0.4 is 10.2 Å². The first-order valence-electron chi connectivity index (χ1n) is 7.28. The van der Waals surface area contributed by atoms with Gasteiger partial charge in [0.2, 0.25) is 11.8 Å². The second-order valence-electron chi connectivity index (χ2n) is 5.13. The summed E-state index contributed by atoms with van der Waals surface area (Å²) in [6, 6.07) is 9.47. The van der Waals surface area contributed by atoms with Crippen LogP contribution in [0.3, 0.4) is 0 Å². The van der Waals surface area contributed by atoms with Crippen LogP contribution in [-0.2, 0) is 16.0 Å². The van der Waals surface area contributed by atoms with Crippen molar-refractivity contribution in [3.05, 3.63) is 46.9 Å². The molecule has 0 aliphatic carbocycles. The summed E-state index contributed by atoms with van der Waals surface area (Å²) in [5, 5.41) is 5.75. The van der Waals surface area contributed by atoms with Gasteiger partial charge < -0.3 is 10.2 Å². The summed E-state index contributed by atoms with van der Waals surface area (Å²) in [6.07, 6.45) is 3.02. The molecule has 114 valence electrons. The van der Waals surface area contributed by atoms with E-state index in [0.717, 1.165) is 10.7 Å². The maximum atomic E-state index is 12.4. The molecule has 1 fully saturated rings. The maximum absolute atomic E-state index is 12.4. The molecule has 2 heterocycles. The first kappa shape index (κ1) is 14.7. The molecule has 1 aromatic heterocycles. The number of hydrogen-bond donors (Lipinski definition) is 1. The molecule has 3 rings (SSSR count). The van der Waals surface area contributed by atoms with E-state index >= 15 is 0 Å². The summed E-state index contributed by atoms with van der Waals surface area (Å²) in [6.45, 7) is 1.11. The van der Waals surface area contributed by atoms with E-state index in [2.05, 4.69) is 10.3 Å². The van der Waals surface area contributed by atoms with Gasteiger partial charge in [-0.05, 0) is 18.6 Å². The van der Waals surface area contributed by atoms with Gasteiger partial charge in [-0.3, -0.25) is 9.59 Å². The van der Waals surface area contributed by atoms with Crippen LogP contribution in [0.1, 0.15) is 11.4 Å². The molecule has 1 aliphatic rings. The third-order valence-corrected chi connectivity index (χ3v) is 4.55. The molecule has 1 aromatic carbocycles. The third kappa shape index (κ3) is 3.17. The Morgan fingerprint density at radius 3 is 2.91 bits per heavy atom. The number of carbonyl (C=O) groups is 2. The quantitative estimate of drug-likeness (QED) is 0.857. The number of anilines is 1. The highest BCUT2D eigenvalue weighted by molar-refractivity contribution is 7.09. The molecule has 0 unspecified atom stereocenters. The molecule has 1 aliphatic heterocycles. The Labute approximate surface area is 133 Å². The fourth-order valence-electron chi connectivity index (χ4n) is 2.58. The van der Waals surface area contributed by atoms with Gasteiger partial charge in [-0.25, -0.2) is 4.98 Å². The van der Waals surface area contributed by atoms with E-state index in [1.165, 1.54) is 0 Å². The molecule has 2 aromatic rings. The summed E-state index contributed by atoms with van der Waals surface area (Å²) in [5.74, 6) is -0.866. The minimum atomic E-state index is -0.573. The van der Waals surface area contributed by atoms with Crippen molar-refractivity contribution in [1.29, 1.82) is 0 Å². The average molecular weight is 315 g/mol. The molecule has 0 radical (unpaired) electrons. The topological polar surface area (TPSA) is 62.3 Å². The number of thiazole rings is 1. The zero-order chi connectivity index (χ0) is 15.4.